The Morgan fingerprint density at radius 2 is 1.88 bits per heavy atom. The van der Waals surface area contributed by atoms with E-state index in [0.29, 0.717) is 28.8 Å². The summed E-state index contributed by atoms with van der Waals surface area (Å²) >= 11 is 11.8. The van der Waals surface area contributed by atoms with Crippen LogP contribution in [0.25, 0.3) is 0 Å². The molecule has 0 unspecified atom stereocenters. The molecule has 1 N–H and O–H groups in total. The molecule has 25 heavy (non-hydrogen) atoms. The van der Waals surface area contributed by atoms with Gasteiger partial charge in [0.05, 0.1) is 16.0 Å². The molecule has 2 aromatic carbocycles. The fraction of sp³-hybridized carbons (Fsp3) is 0.263. The number of nitrogens with one attached hydrogen (secondary N) is 1. The van der Waals surface area contributed by atoms with Crippen molar-refractivity contribution in [1.29, 1.82) is 0 Å². The Balaban J connectivity index is 1.62. The second kappa shape index (κ2) is 7.46. The van der Waals surface area contributed by atoms with Crippen LogP contribution in [0.5, 0.6) is 0 Å². The standard InChI is InChI=1S/C19H18Cl2N2O2/c1-12-2-4-13(5-3-12)10-23-11-14(8-18(23)24)19(25)22-15-6-7-16(20)17(21)9-15/h2-7,9,14H,8,10-11H2,1H3,(H,22,25)/t14-/m0/s1. The highest BCUT2D eigenvalue weighted by Crippen LogP contribution is 2.26. The quantitative estimate of drug-likeness (QED) is 0.864. The highest BCUT2D eigenvalue weighted by atomic mass is 35.5. The van der Waals surface area contributed by atoms with Crippen LogP contribution in [0.2, 0.25) is 10.0 Å². The van der Waals surface area contributed by atoms with Crippen LogP contribution in [0.15, 0.2) is 42.5 Å². The zero-order chi connectivity index (χ0) is 18.0. The molecule has 0 spiro atoms. The van der Waals surface area contributed by atoms with E-state index in [9.17, 15) is 9.59 Å². The second-order valence-corrected chi connectivity index (χ2v) is 7.09. The van der Waals surface area contributed by atoms with Gasteiger partial charge in [-0.1, -0.05) is 53.0 Å². The van der Waals surface area contributed by atoms with Gasteiger partial charge in [0.2, 0.25) is 11.8 Å². The zero-order valence-corrected chi connectivity index (χ0v) is 15.3. The van der Waals surface area contributed by atoms with E-state index in [0.717, 1.165) is 5.56 Å². The number of likely N-dealkylation sites (tertiary alicyclic amines) is 1. The molecule has 0 aromatic heterocycles. The lowest BCUT2D eigenvalue weighted by molar-refractivity contribution is -0.128. The molecule has 2 amide bonds. The molecule has 1 fully saturated rings. The Morgan fingerprint density at radius 3 is 2.56 bits per heavy atom. The molecule has 0 aliphatic carbocycles. The van der Waals surface area contributed by atoms with Gasteiger partial charge in [-0.15, -0.1) is 0 Å². The van der Waals surface area contributed by atoms with E-state index in [1.165, 1.54) is 5.56 Å². The molecule has 2 aromatic rings. The number of aryl methyl sites for hydroxylation is 1. The predicted molar refractivity (Wildman–Crippen MR) is 99.8 cm³/mol. The largest absolute Gasteiger partial charge is 0.338 e. The van der Waals surface area contributed by atoms with Gasteiger partial charge in [-0.2, -0.15) is 0 Å². The number of carbonyl (C=O) groups is 2. The number of benzene rings is 2. The van der Waals surface area contributed by atoms with Gasteiger partial charge in [0.25, 0.3) is 0 Å². The van der Waals surface area contributed by atoms with Gasteiger partial charge in [0.15, 0.2) is 0 Å². The number of rotatable bonds is 4. The van der Waals surface area contributed by atoms with Crippen LogP contribution in [0.3, 0.4) is 0 Å². The first kappa shape index (κ1) is 17.8. The summed E-state index contributed by atoms with van der Waals surface area (Å²) in [5.41, 5.74) is 2.81. The Labute approximate surface area is 156 Å². The molecule has 1 atom stereocenters. The van der Waals surface area contributed by atoms with Gasteiger partial charge in [-0.25, -0.2) is 0 Å². The summed E-state index contributed by atoms with van der Waals surface area (Å²) < 4.78 is 0. The fourth-order valence-electron chi connectivity index (χ4n) is 2.83. The number of halogens is 2. The summed E-state index contributed by atoms with van der Waals surface area (Å²) in [7, 11) is 0. The Hall–Kier alpha value is -2.04. The molecule has 4 nitrogen and oxygen atoms in total. The molecule has 1 aliphatic rings. The van der Waals surface area contributed by atoms with Gasteiger partial charge in [-0.3, -0.25) is 9.59 Å². The van der Waals surface area contributed by atoms with Crippen molar-refractivity contribution >= 4 is 40.7 Å². The SMILES string of the molecule is Cc1ccc(CN2C[C@@H](C(=O)Nc3ccc(Cl)c(Cl)c3)CC2=O)cc1. The van der Waals surface area contributed by atoms with E-state index >= 15 is 0 Å². The summed E-state index contributed by atoms with van der Waals surface area (Å²) in [6.45, 7) is 2.96. The first-order valence-corrected chi connectivity index (χ1v) is 8.77. The maximum atomic E-state index is 12.4. The molecule has 0 saturated carbocycles. The van der Waals surface area contributed by atoms with Crippen LogP contribution in [-0.2, 0) is 16.1 Å². The van der Waals surface area contributed by atoms with Crippen molar-refractivity contribution in [3.05, 3.63) is 63.6 Å². The average Bonchev–Trinajstić information content (AvgIpc) is 2.94. The molecule has 3 rings (SSSR count). The van der Waals surface area contributed by atoms with Gasteiger partial charge in [-0.05, 0) is 30.7 Å². The van der Waals surface area contributed by atoms with Crippen molar-refractivity contribution in [2.75, 3.05) is 11.9 Å². The van der Waals surface area contributed by atoms with Crippen molar-refractivity contribution < 1.29 is 9.59 Å². The third kappa shape index (κ3) is 4.33. The van der Waals surface area contributed by atoms with Gasteiger partial charge in [0.1, 0.15) is 0 Å². The maximum absolute atomic E-state index is 12.4. The monoisotopic (exact) mass is 376 g/mol. The van der Waals surface area contributed by atoms with Crippen molar-refractivity contribution in [2.45, 2.75) is 19.9 Å². The van der Waals surface area contributed by atoms with Crippen molar-refractivity contribution in [3.8, 4) is 0 Å². The topological polar surface area (TPSA) is 49.4 Å². The first-order valence-electron chi connectivity index (χ1n) is 8.01. The maximum Gasteiger partial charge on any atom is 0.229 e. The van der Waals surface area contributed by atoms with Crippen LogP contribution in [0, 0.1) is 12.8 Å². The number of hydrogen-bond donors (Lipinski definition) is 1. The minimum absolute atomic E-state index is 0.00476. The fourth-order valence-corrected chi connectivity index (χ4v) is 3.13. The van der Waals surface area contributed by atoms with E-state index in [1.807, 2.05) is 31.2 Å². The highest BCUT2D eigenvalue weighted by molar-refractivity contribution is 6.42. The molecule has 6 heteroatoms. The highest BCUT2D eigenvalue weighted by Gasteiger charge is 2.34. The smallest absolute Gasteiger partial charge is 0.229 e. The molecule has 1 heterocycles. The second-order valence-electron chi connectivity index (χ2n) is 6.28. The van der Waals surface area contributed by atoms with Crippen molar-refractivity contribution in [1.82, 2.24) is 4.90 Å². The molecule has 0 bridgehead atoms. The van der Waals surface area contributed by atoms with Crippen molar-refractivity contribution in [2.24, 2.45) is 5.92 Å². The summed E-state index contributed by atoms with van der Waals surface area (Å²) in [5.74, 6) is -0.555. The van der Waals surface area contributed by atoms with Gasteiger partial charge < -0.3 is 10.2 Å². The molecule has 0 radical (unpaired) electrons. The molecular weight excluding hydrogens is 359 g/mol. The molecule has 1 saturated heterocycles. The van der Waals surface area contributed by atoms with Gasteiger partial charge >= 0.3 is 0 Å². The number of anilines is 1. The minimum atomic E-state index is -0.368. The Kier molecular flexibility index (Phi) is 5.30. The van der Waals surface area contributed by atoms with E-state index in [4.69, 9.17) is 23.2 Å². The van der Waals surface area contributed by atoms with Crippen molar-refractivity contribution in [3.63, 3.8) is 0 Å². The summed E-state index contributed by atoms with van der Waals surface area (Å²) in [6.07, 6.45) is 0.221. The number of hydrogen-bond acceptors (Lipinski definition) is 2. The number of amides is 2. The number of carbonyl (C=O) groups excluding carboxylic acids is 2. The van der Waals surface area contributed by atoms with E-state index in [1.54, 1.807) is 23.1 Å². The molecular formula is C19H18Cl2N2O2. The predicted octanol–water partition coefficient (Wildman–Crippen LogP) is 4.29. The van der Waals surface area contributed by atoms with Crippen LogP contribution in [-0.4, -0.2) is 23.3 Å². The van der Waals surface area contributed by atoms with Crippen LogP contribution in [0.4, 0.5) is 5.69 Å². The van der Waals surface area contributed by atoms with Gasteiger partial charge in [0, 0.05) is 25.2 Å². The van der Waals surface area contributed by atoms with Crippen LogP contribution >= 0.6 is 23.2 Å². The number of nitrogens with zero attached hydrogens (tertiary/aromatic N) is 1. The zero-order valence-electron chi connectivity index (χ0n) is 13.8. The lowest BCUT2D eigenvalue weighted by Gasteiger charge is -2.17. The van der Waals surface area contributed by atoms with E-state index < -0.39 is 0 Å². The minimum Gasteiger partial charge on any atom is -0.338 e. The molecule has 130 valence electrons. The van der Waals surface area contributed by atoms with Crippen LogP contribution in [0.1, 0.15) is 17.5 Å². The van der Waals surface area contributed by atoms with E-state index in [2.05, 4.69) is 5.32 Å². The summed E-state index contributed by atoms with van der Waals surface area (Å²) in [6, 6.07) is 13.0. The first-order chi connectivity index (χ1) is 11.9. The molecule has 1 aliphatic heterocycles. The average molecular weight is 377 g/mol. The lowest BCUT2D eigenvalue weighted by Crippen LogP contribution is -2.28. The third-order valence-electron chi connectivity index (χ3n) is 4.27. The third-order valence-corrected chi connectivity index (χ3v) is 5.01. The Bertz CT molecular complexity index is 806. The lowest BCUT2D eigenvalue weighted by atomic mass is 10.1. The van der Waals surface area contributed by atoms with Crippen LogP contribution < -0.4 is 5.32 Å². The summed E-state index contributed by atoms with van der Waals surface area (Å²) in [4.78, 5) is 26.4. The summed E-state index contributed by atoms with van der Waals surface area (Å²) in [5, 5.41) is 3.61. The normalized spacial score (nSPS) is 17.0. The van der Waals surface area contributed by atoms with E-state index in [-0.39, 0.29) is 24.2 Å². The Morgan fingerprint density at radius 1 is 1.16 bits per heavy atom.